The highest BCUT2D eigenvalue weighted by atomic mass is 16.3. The van der Waals surface area contributed by atoms with E-state index in [4.69, 9.17) is 0 Å². The summed E-state index contributed by atoms with van der Waals surface area (Å²) < 4.78 is 0. The van der Waals surface area contributed by atoms with Crippen LogP contribution in [-0.4, -0.2) is 12.2 Å². The van der Waals surface area contributed by atoms with Crippen LogP contribution in [0.4, 0.5) is 0 Å². The van der Waals surface area contributed by atoms with E-state index in [2.05, 4.69) is 62.3 Å². The number of aromatic amines is 1. The number of aromatic hydroxyl groups is 1. The second kappa shape index (κ2) is 6.62. The lowest BCUT2D eigenvalue weighted by molar-refractivity contribution is -0.907. The van der Waals surface area contributed by atoms with E-state index in [0.717, 1.165) is 40.8 Å². The highest BCUT2D eigenvalue weighted by Crippen LogP contribution is 2.30. The minimum absolute atomic E-state index is 0.422. The summed E-state index contributed by atoms with van der Waals surface area (Å²) in [6.07, 6.45) is 0. The lowest BCUT2D eigenvalue weighted by Crippen LogP contribution is -3.06. The number of pyridine rings is 1. The highest BCUT2D eigenvalue weighted by Gasteiger charge is 2.21. The summed E-state index contributed by atoms with van der Waals surface area (Å²) in [4.78, 5) is 4.82. The summed E-state index contributed by atoms with van der Waals surface area (Å²) in [5, 5.41) is 11.8. The van der Waals surface area contributed by atoms with Gasteiger partial charge >= 0.3 is 0 Å². The summed E-state index contributed by atoms with van der Waals surface area (Å²) in [5.41, 5.74) is 6.67. The molecule has 0 amide bonds. The van der Waals surface area contributed by atoms with Gasteiger partial charge in [0.25, 0.3) is 0 Å². The predicted octanol–water partition coefficient (Wildman–Crippen LogP) is 2.50. The van der Waals surface area contributed by atoms with Crippen molar-refractivity contribution < 1.29 is 15.0 Å². The number of hydrogen-bond acceptors (Lipinski definition) is 1. The molecule has 1 heterocycles. The van der Waals surface area contributed by atoms with Crippen molar-refractivity contribution in [2.24, 2.45) is 0 Å². The second-order valence-corrected chi connectivity index (χ2v) is 6.88. The monoisotopic (exact) mass is 322 g/mol. The van der Waals surface area contributed by atoms with Crippen LogP contribution in [0.1, 0.15) is 27.9 Å². The third kappa shape index (κ3) is 3.26. The van der Waals surface area contributed by atoms with Crippen LogP contribution in [0.15, 0.2) is 42.5 Å². The minimum atomic E-state index is 0.422. The van der Waals surface area contributed by atoms with Gasteiger partial charge in [-0.1, -0.05) is 36.4 Å². The van der Waals surface area contributed by atoms with Crippen molar-refractivity contribution in [2.45, 2.75) is 33.9 Å². The molecule has 0 saturated carbocycles. The van der Waals surface area contributed by atoms with Gasteiger partial charge < -0.3 is 10.0 Å². The molecular formula is C21H26N2O+2. The largest absolute Gasteiger partial charge is 0.506 e. The van der Waals surface area contributed by atoms with E-state index >= 15 is 0 Å². The van der Waals surface area contributed by atoms with Crippen LogP contribution in [-0.2, 0) is 13.1 Å². The zero-order chi connectivity index (χ0) is 17.3. The molecule has 0 aliphatic heterocycles. The molecule has 0 aliphatic carbocycles. The first-order chi connectivity index (χ1) is 11.5. The van der Waals surface area contributed by atoms with Gasteiger partial charge in [0.1, 0.15) is 24.4 Å². The van der Waals surface area contributed by atoms with E-state index in [1.807, 2.05) is 13.0 Å². The van der Waals surface area contributed by atoms with Crippen LogP contribution in [0, 0.1) is 20.8 Å². The van der Waals surface area contributed by atoms with Crippen LogP contribution >= 0.6 is 0 Å². The van der Waals surface area contributed by atoms with Gasteiger partial charge in [-0.3, -0.25) is 0 Å². The number of hydrogen-bond donors (Lipinski definition) is 2. The van der Waals surface area contributed by atoms with Crippen molar-refractivity contribution in [1.29, 1.82) is 0 Å². The van der Waals surface area contributed by atoms with Gasteiger partial charge in [0.15, 0.2) is 5.69 Å². The molecule has 0 aliphatic rings. The lowest BCUT2D eigenvalue weighted by Gasteiger charge is -2.16. The first-order valence-electron chi connectivity index (χ1n) is 8.45. The molecule has 3 N–H and O–H groups in total. The standard InChI is InChI=1S/C21H24N2O/c1-14-10-15(2)20-19(11-14)22-16(3)18(21(20)24)13-23(4)12-17-8-6-5-7-9-17/h5-11H,12-13H2,1-4H3,(H,22,24)/p+2. The zero-order valence-electron chi connectivity index (χ0n) is 14.9. The summed E-state index contributed by atoms with van der Waals surface area (Å²) >= 11 is 0. The maximum atomic E-state index is 10.9. The molecule has 1 aromatic heterocycles. The molecule has 0 spiro atoms. The van der Waals surface area contributed by atoms with Crippen molar-refractivity contribution in [3.63, 3.8) is 0 Å². The van der Waals surface area contributed by atoms with Crippen LogP contribution < -0.4 is 9.88 Å². The second-order valence-electron chi connectivity index (χ2n) is 6.88. The van der Waals surface area contributed by atoms with Gasteiger partial charge in [0.2, 0.25) is 5.52 Å². The first kappa shape index (κ1) is 16.5. The molecule has 2 aromatic carbocycles. The molecule has 124 valence electrons. The fourth-order valence-electron chi connectivity index (χ4n) is 3.51. The zero-order valence-corrected chi connectivity index (χ0v) is 14.9. The Morgan fingerprint density at radius 2 is 1.71 bits per heavy atom. The molecule has 24 heavy (non-hydrogen) atoms. The Hall–Kier alpha value is -2.39. The molecule has 0 radical (unpaired) electrons. The van der Waals surface area contributed by atoms with Gasteiger partial charge in [0, 0.05) is 18.6 Å². The molecule has 0 bridgehead atoms. The maximum Gasteiger partial charge on any atom is 0.215 e. The summed E-state index contributed by atoms with van der Waals surface area (Å²) in [6, 6.07) is 14.7. The summed E-state index contributed by atoms with van der Waals surface area (Å²) in [5.74, 6) is 0.422. The van der Waals surface area contributed by atoms with E-state index in [-0.39, 0.29) is 0 Å². The SMILES string of the molecule is Cc1cc(C)c2c(O)c(C[NH+](C)Cc3ccccc3)c(C)[nH+]c2c1. The quantitative estimate of drug-likeness (QED) is 0.761. The summed E-state index contributed by atoms with van der Waals surface area (Å²) in [6.45, 7) is 7.90. The molecule has 3 aromatic rings. The topological polar surface area (TPSA) is 38.8 Å². The average Bonchev–Trinajstić information content (AvgIpc) is 2.51. The number of aryl methyl sites for hydroxylation is 3. The molecular weight excluding hydrogens is 296 g/mol. The number of rotatable bonds is 4. The predicted molar refractivity (Wildman–Crippen MR) is 97.1 cm³/mol. The van der Waals surface area contributed by atoms with Crippen molar-refractivity contribution in [3.05, 3.63) is 70.4 Å². The summed E-state index contributed by atoms with van der Waals surface area (Å²) in [7, 11) is 2.16. The Morgan fingerprint density at radius 1 is 1.00 bits per heavy atom. The molecule has 1 atom stereocenters. The van der Waals surface area contributed by atoms with Crippen molar-refractivity contribution in [2.75, 3.05) is 7.05 Å². The molecule has 1 unspecified atom stereocenters. The molecule has 3 rings (SSSR count). The van der Waals surface area contributed by atoms with E-state index in [0.29, 0.717) is 5.75 Å². The van der Waals surface area contributed by atoms with Crippen molar-refractivity contribution >= 4 is 10.9 Å². The molecule has 3 nitrogen and oxygen atoms in total. The fraction of sp³-hybridized carbons (Fsp3) is 0.286. The Bertz CT molecular complexity index is 872. The fourth-order valence-corrected chi connectivity index (χ4v) is 3.51. The number of fused-ring (bicyclic) bond motifs is 1. The third-order valence-electron chi connectivity index (χ3n) is 4.60. The van der Waals surface area contributed by atoms with Crippen LogP contribution in [0.3, 0.4) is 0 Å². The number of H-pyrrole nitrogens is 1. The van der Waals surface area contributed by atoms with Crippen molar-refractivity contribution in [1.82, 2.24) is 0 Å². The molecule has 0 fully saturated rings. The Balaban J connectivity index is 1.94. The van der Waals surface area contributed by atoms with E-state index in [9.17, 15) is 5.11 Å². The third-order valence-corrected chi connectivity index (χ3v) is 4.60. The van der Waals surface area contributed by atoms with Crippen LogP contribution in [0.25, 0.3) is 10.9 Å². The average molecular weight is 322 g/mol. The minimum Gasteiger partial charge on any atom is -0.506 e. The smallest absolute Gasteiger partial charge is 0.215 e. The molecule has 3 heteroatoms. The number of benzene rings is 2. The van der Waals surface area contributed by atoms with Crippen molar-refractivity contribution in [3.8, 4) is 5.75 Å². The number of aromatic nitrogens is 1. The van der Waals surface area contributed by atoms with E-state index in [1.165, 1.54) is 16.0 Å². The van der Waals surface area contributed by atoms with Gasteiger partial charge in [-0.15, -0.1) is 0 Å². The Labute approximate surface area is 143 Å². The number of quaternary nitrogens is 1. The lowest BCUT2D eigenvalue weighted by atomic mass is 10.0. The maximum absolute atomic E-state index is 10.9. The van der Waals surface area contributed by atoms with Gasteiger partial charge in [-0.25, -0.2) is 4.98 Å². The first-order valence-corrected chi connectivity index (χ1v) is 8.45. The normalized spacial score (nSPS) is 12.5. The highest BCUT2D eigenvalue weighted by molar-refractivity contribution is 5.87. The van der Waals surface area contributed by atoms with Gasteiger partial charge in [0.05, 0.1) is 12.4 Å². The van der Waals surface area contributed by atoms with Crippen LogP contribution in [0.2, 0.25) is 0 Å². The van der Waals surface area contributed by atoms with E-state index < -0.39 is 0 Å². The van der Waals surface area contributed by atoms with Gasteiger partial charge in [-0.05, 0) is 25.0 Å². The van der Waals surface area contributed by atoms with Gasteiger partial charge in [-0.2, -0.15) is 0 Å². The van der Waals surface area contributed by atoms with E-state index in [1.54, 1.807) is 0 Å². The Kier molecular flexibility index (Phi) is 4.54. The van der Waals surface area contributed by atoms with Crippen LogP contribution in [0.5, 0.6) is 5.75 Å². The Morgan fingerprint density at radius 3 is 2.42 bits per heavy atom. The number of nitrogens with one attached hydrogen (secondary N) is 2. The molecule has 0 saturated heterocycles.